The number of aryl methyl sites for hydroxylation is 1. The second-order valence-corrected chi connectivity index (χ2v) is 6.81. The largest absolute Gasteiger partial charge is 0.448 e. The molecule has 0 saturated carbocycles. The molecule has 0 aliphatic carbocycles. The number of hydrogen-bond donors (Lipinski definition) is 1. The van der Waals surface area contributed by atoms with Gasteiger partial charge in [-0.25, -0.2) is 14.8 Å². The molecule has 3 aromatic rings. The van der Waals surface area contributed by atoms with Gasteiger partial charge in [-0.1, -0.05) is 23.7 Å². The summed E-state index contributed by atoms with van der Waals surface area (Å²) in [6.07, 6.45) is 1.16. The summed E-state index contributed by atoms with van der Waals surface area (Å²) < 4.78 is 6.70. The van der Waals surface area contributed by atoms with Gasteiger partial charge < -0.3 is 19.5 Å². The molecule has 2 amide bonds. The van der Waals surface area contributed by atoms with Gasteiger partial charge in [0, 0.05) is 31.9 Å². The minimum Gasteiger partial charge on any atom is -0.448 e. The molecule has 1 saturated heterocycles. The van der Waals surface area contributed by atoms with Crippen LogP contribution in [-0.4, -0.2) is 57.7 Å². The van der Waals surface area contributed by atoms with E-state index in [1.165, 1.54) is 6.20 Å². The summed E-state index contributed by atoms with van der Waals surface area (Å²) in [6.45, 7) is 1.67. The van der Waals surface area contributed by atoms with Crippen LogP contribution in [-0.2, 0) is 11.8 Å². The third-order valence-electron chi connectivity index (χ3n) is 4.60. The average Bonchev–Trinajstić information content (AvgIpc) is 3.25. The van der Waals surface area contributed by atoms with Gasteiger partial charge >= 0.3 is 6.09 Å². The molecule has 9 heteroatoms. The van der Waals surface area contributed by atoms with E-state index >= 15 is 0 Å². The number of pyridine rings is 1. The summed E-state index contributed by atoms with van der Waals surface area (Å²) in [4.78, 5) is 34.4. The topological polar surface area (TPSA) is 89.4 Å². The molecule has 1 aliphatic rings. The van der Waals surface area contributed by atoms with E-state index in [1.54, 1.807) is 17.0 Å². The predicted molar refractivity (Wildman–Crippen MR) is 104 cm³/mol. The summed E-state index contributed by atoms with van der Waals surface area (Å²) in [7, 11) is 1.86. The van der Waals surface area contributed by atoms with Crippen LogP contribution >= 0.6 is 11.6 Å². The van der Waals surface area contributed by atoms with Gasteiger partial charge in [0.05, 0.1) is 17.1 Å². The third kappa shape index (κ3) is 3.38. The van der Waals surface area contributed by atoms with Crippen molar-refractivity contribution < 1.29 is 14.3 Å². The van der Waals surface area contributed by atoms with Crippen molar-refractivity contribution in [2.45, 2.75) is 0 Å². The highest BCUT2D eigenvalue weighted by Gasteiger charge is 2.21. The Morgan fingerprint density at radius 2 is 2.18 bits per heavy atom. The van der Waals surface area contributed by atoms with E-state index in [0.717, 1.165) is 5.56 Å². The number of imidazole rings is 1. The number of amides is 2. The zero-order chi connectivity index (χ0) is 19.7. The number of rotatable bonds is 5. The van der Waals surface area contributed by atoms with Gasteiger partial charge in [-0.3, -0.25) is 4.79 Å². The Morgan fingerprint density at radius 3 is 2.93 bits per heavy atom. The fourth-order valence-corrected chi connectivity index (χ4v) is 3.34. The van der Waals surface area contributed by atoms with Gasteiger partial charge in [0.2, 0.25) is 0 Å². The first-order valence-corrected chi connectivity index (χ1v) is 9.19. The van der Waals surface area contributed by atoms with E-state index in [-0.39, 0.29) is 12.0 Å². The number of aromatic nitrogens is 3. The van der Waals surface area contributed by atoms with E-state index in [1.807, 2.05) is 29.8 Å². The molecule has 1 fully saturated rings. The maximum Gasteiger partial charge on any atom is 0.409 e. The van der Waals surface area contributed by atoms with Crippen molar-refractivity contribution in [2.75, 3.05) is 26.2 Å². The molecule has 4 rings (SSSR count). The summed E-state index contributed by atoms with van der Waals surface area (Å²) >= 11 is 6.29. The summed E-state index contributed by atoms with van der Waals surface area (Å²) in [5.41, 5.74) is 2.47. The lowest BCUT2D eigenvalue weighted by molar-refractivity contribution is 0.0948. The van der Waals surface area contributed by atoms with Gasteiger partial charge in [-0.2, -0.15) is 0 Å². The second-order valence-electron chi connectivity index (χ2n) is 6.40. The first-order chi connectivity index (χ1) is 13.5. The molecule has 28 heavy (non-hydrogen) atoms. The average molecular weight is 400 g/mol. The molecular weight excluding hydrogens is 382 g/mol. The monoisotopic (exact) mass is 399 g/mol. The van der Waals surface area contributed by atoms with E-state index in [4.69, 9.17) is 16.3 Å². The van der Waals surface area contributed by atoms with Gasteiger partial charge in [0.1, 0.15) is 17.9 Å². The number of nitrogens with zero attached hydrogens (tertiary/aromatic N) is 4. The maximum absolute atomic E-state index is 12.4. The number of benzene rings is 1. The molecule has 1 N–H and O–H groups in total. The SMILES string of the molecule is Cn1c(-c2ccccc2Cl)nc2cc(C(=O)NCCN3CCOC3=O)cnc21. The quantitative estimate of drug-likeness (QED) is 0.711. The predicted octanol–water partition coefficient (Wildman–Crippen LogP) is 2.47. The van der Waals surface area contributed by atoms with Crippen LogP contribution in [0.4, 0.5) is 4.79 Å². The number of carbonyl (C=O) groups excluding carboxylic acids is 2. The molecule has 0 bridgehead atoms. The van der Waals surface area contributed by atoms with Gasteiger partial charge in [0.15, 0.2) is 5.65 Å². The molecule has 0 radical (unpaired) electrons. The van der Waals surface area contributed by atoms with E-state index in [2.05, 4.69) is 15.3 Å². The van der Waals surface area contributed by atoms with Gasteiger partial charge in [0.25, 0.3) is 5.91 Å². The van der Waals surface area contributed by atoms with Crippen LogP contribution in [0.3, 0.4) is 0 Å². The van der Waals surface area contributed by atoms with Crippen LogP contribution in [0.15, 0.2) is 36.5 Å². The Bertz CT molecular complexity index is 1060. The molecule has 144 valence electrons. The van der Waals surface area contributed by atoms with Crippen molar-refractivity contribution in [2.24, 2.45) is 7.05 Å². The van der Waals surface area contributed by atoms with Gasteiger partial charge in [-0.05, 0) is 18.2 Å². The summed E-state index contributed by atoms with van der Waals surface area (Å²) in [5, 5.41) is 3.39. The Labute approximate surface area is 166 Å². The molecule has 8 nitrogen and oxygen atoms in total. The van der Waals surface area contributed by atoms with E-state index in [0.29, 0.717) is 53.8 Å². The highest BCUT2D eigenvalue weighted by Crippen LogP contribution is 2.28. The van der Waals surface area contributed by atoms with Crippen LogP contribution in [0, 0.1) is 0 Å². The Hall–Kier alpha value is -3.13. The zero-order valence-corrected chi connectivity index (χ0v) is 15.9. The lowest BCUT2D eigenvalue weighted by atomic mass is 10.2. The first-order valence-electron chi connectivity index (χ1n) is 8.82. The number of fused-ring (bicyclic) bond motifs is 1. The smallest absolute Gasteiger partial charge is 0.409 e. The van der Waals surface area contributed by atoms with Crippen LogP contribution in [0.2, 0.25) is 5.02 Å². The minimum atomic E-state index is -0.349. The minimum absolute atomic E-state index is 0.271. The lowest BCUT2D eigenvalue weighted by Gasteiger charge is -2.12. The van der Waals surface area contributed by atoms with Crippen molar-refractivity contribution in [1.29, 1.82) is 0 Å². The number of cyclic esters (lactones) is 1. The van der Waals surface area contributed by atoms with Crippen molar-refractivity contribution in [1.82, 2.24) is 24.8 Å². The fourth-order valence-electron chi connectivity index (χ4n) is 3.12. The third-order valence-corrected chi connectivity index (χ3v) is 4.93. The van der Waals surface area contributed by atoms with Crippen molar-refractivity contribution in [3.8, 4) is 11.4 Å². The Kier molecular flexibility index (Phi) is 4.87. The fraction of sp³-hybridized carbons (Fsp3) is 0.263. The summed E-state index contributed by atoms with van der Waals surface area (Å²) in [5.74, 6) is 0.408. The molecular formula is C19H18ClN5O3. The van der Waals surface area contributed by atoms with Crippen molar-refractivity contribution >= 4 is 34.8 Å². The molecule has 1 aromatic carbocycles. The van der Waals surface area contributed by atoms with Crippen LogP contribution in [0.5, 0.6) is 0 Å². The lowest BCUT2D eigenvalue weighted by Crippen LogP contribution is -2.35. The van der Waals surface area contributed by atoms with Crippen molar-refractivity contribution in [3.05, 3.63) is 47.1 Å². The van der Waals surface area contributed by atoms with Crippen LogP contribution in [0.1, 0.15) is 10.4 Å². The molecule has 0 unspecified atom stereocenters. The maximum atomic E-state index is 12.4. The number of hydrogen-bond acceptors (Lipinski definition) is 5. The molecule has 3 heterocycles. The highest BCUT2D eigenvalue weighted by molar-refractivity contribution is 6.33. The van der Waals surface area contributed by atoms with Crippen LogP contribution in [0.25, 0.3) is 22.6 Å². The summed E-state index contributed by atoms with van der Waals surface area (Å²) in [6, 6.07) is 9.14. The number of carbonyl (C=O) groups is 2. The molecule has 1 aliphatic heterocycles. The van der Waals surface area contributed by atoms with Crippen molar-refractivity contribution in [3.63, 3.8) is 0 Å². The Morgan fingerprint density at radius 1 is 1.36 bits per heavy atom. The second kappa shape index (κ2) is 7.47. The normalized spacial score (nSPS) is 13.8. The Balaban J connectivity index is 1.52. The van der Waals surface area contributed by atoms with Gasteiger partial charge in [-0.15, -0.1) is 0 Å². The number of ether oxygens (including phenoxy) is 1. The first kappa shape index (κ1) is 18.2. The van der Waals surface area contributed by atoms with E-state index in [9.17, 15) is 9.59 Å². The highest BCUT2D eigenvalue weighted by atomic mass is 35.5. The zero-order valence-electron chi connectivity index (χ0n) is 15.2. The molecule has 0 spiro atoms. The molecule has 2 aromatic heterocycles. The number of nitrogens with one attached hydrogen (secondary N) is 1. The van der Waals surface area contributed by atoms with Crippen LogP contribution < -0.4 is 5.32 Å². The molecule has 0 atom stereocenters. The number of halogens is 1. The standard InChI is InChI=1S/C19H18ClN5O3/c1-24-16(13-4-2-3-5-14(13)20)23-15-10-12(11-22-17(15)24)18(26)21-6-7-25-8-9-28-19(25)27/h2-5,10-11H,6-9H2,1H3,(H,21,26). The van der Waals surface area contributed by atoms with E-state index < -0.39 is 0 Å².